The number of Topliss-reactive ketones (excluding diaryl/α,β-unsaturated/α-hetero) is 1. The van der Waals surface area contributed by atoms with Crippen molar-refractivity contribution in [3.63, 3.8) is 0 Å². The predicted octanol–water partition coefficient (Wildman–Crippen LogP) is 3.89. The molecule has 7 heteroatoms. The van der Waals surface area contributed by atoms with Crippen molar-refractivity contribution in [2.45, 2.75) is 31.9 Å². The second kappa shape index (κ2) is 7.67. The number of rotatable bonds is 5. The molecule has 152 valence electrons. The fourth-order valence-electron chi connectivity index (χ4n) is 4.12. The number of hydrogen-bond acceptors (Lipinski definition) is 6. The van der Waals surface area contributed by atoms with Crippen molar-refractivity contribution in [3.8, 4) is 11.5 Å². The van der Waals surface area contributed by atoms with Gasteiger partial charge in [-0.25, -0.2) is 4.68 Å². The summed E-state index contributed by atoms with van der Waals surface area (Å²) in [5.74, 6) is 2.07. The van der Waals surface area contributed by atoms with Crippen molar-refractivity contribution >= 4 is 11.7 Å². The van der Waals surface area contributed by atoms with Gasteiger partial charge in [0, 0.05) is 17.7 Å². The molecule has 0 saturated heterocycles. The summed E-state index contributed by atoms with van der Waals surface area (Å²) in [6, 6.07) is 15.4. The molecule has 1 aliphatic heterocycles. The van der Waals surface area contributed by atoms with Gasteiger partial charge in [0.1, 0.15) is 19.0 Å². The minimum atomic E-state index is -0.337. The van der Waals surface area contributed by atoms with E-state index in [2.05, 4.69) is 15.4 Å². The maximum absolute atomic E-state index is 12.8. The molecule has 3 aromatic rings. The molecule has 1 N–H and O–H groups in total. The fourth-order valence-corrected chi connectivity index (χ4v) is 4.12. The minimum absolute atomic E-state index is 0.150. The van der Waals surface area contributed by atoms with Gasteiger partial charge < -0.3 is 14.8 Å². The summed E-state index contributed by atoms with van der Waals surface area (Å²) in [4.78, 5) is 17.2. The highest BCUT2D eigenvalue weighted by Crippen LogP contribution is 2.41. The number of ketones is 1. The van der Waals surface area contributed by atoms with E-state index in [9.17, 15) is 4.79 Å². The molecule has 2 aromatic carbocycles. The van der Waals surface area contributed by atoms with Gasteiger partial charge in [-0.3, -0.25) is 4.79 Å². The normalized spacial score (nSPS) is 17.8. The molecular weight excluding hydrogens is 380 g/mol. The zero-order valence-electron chi connectivity index (χ0n) is 16.7. The predicted molar refractivity (Wildman–Crippen MR) is 111 cm³/mol. The van der Waals surface area contributed by atoms with Crippen molar-refractivity contribution in [1.82, 2.24) is 14.8 Å². The molecule has 1 aromatic heterocycles. The number of ether oxygens (including phenoxy) is 2. The topological polar surface area (TPSA) is 78.3 Å². The van der Waals surface area contributed by atoms with Crippen molar-refractivity contribution < 1.29 is 14.3 Å². The number of carbonyl (C=O) groups is 1. The molecule has 0 bridgehead atoms. The SMILES string of the molecule is COc1ccc(C2C3=C(CCCC3=O)Nc3ncnn32)cc1OCc1ccccc1. The van der Waals surface area contributed by atoms with Crippen LogP contribution in [0.3, 0.4) is 0 Å². The molecule has 7 nitrogen and oxygen atoms in total. The van der Waals surface area contributed by atoms with Gasteiger partial charge in [0.05, 0.1) is 7.11 Å². The molecule has 0 saturated carbocycles. The van der Waals surface area contributed by atoms with E-state index in [0.29, 0.717) is 30.5 Å². The average Bonchev–Trinajstić information content (AvgIpc) is 3.25. The number of methoxy groups -OCH3 is 1. The van der Waals surface area contributed by atoms with E-state index in [4.69, 9.17) is 9.47 Å². The number of hydrogen-bond donors (Lipinski definition) is 1. The summed E-state index contributed by atoms with van der Waals surface area (Å²) in [5.41, 5.74) is 3.69. The Morgan fingerprint density at radius 3 is 2.83 bits per heavy atom. The Hall–Kier alpha value is -3.61. The number of aromatic nitrogens is 3. The van der Waals surface area contributed by atoms with Crippen molar-refractivity contribution in [1.29, 1.82) is 0 Å². The maximum atomic E-state index is 12.8. The molecule has 0 amide bonds. The zero-order valence-corrected chi connectivity index (χ0v) is 16.7. The Morgan fingerprint density at radius 1 is 1.13 bits per heavy atom. The van der Waals surface area contributed by atoms with Crippen LogP contribution in [-0.2, 0) is 11.4 Å². The van der Waals surface area contributed by atoms with E-state index in [-0.39, 0.29) is 11.8 Å². The summed E-state index contributed by atoms with van der Waals surface area (Å²) in [7, 11) is 1.62. The highest BCUT2D eigenvalue weighted by molar-refractivity contribution is 5.99. The van der Waals surface area contributed by atoms with Crippen molar-refractivity contribution in [3.05, 3.63) is 77.3 Å². The Kier molecular flexibility index (Phi) is 4.71. The van der Waals surface area contributed by atoms with Crippen LogP contribution < -0.4 is 14.8 Å². The minimum Gasteiger partial charge on any atom is -0.493 e. The monoisotopic (exact) mass is 402 g/mol. The first-order chi connectivity index (χ1) is 14.7. The second-order valence-electron chi connectivity index (χ2n) is 7.41. The number of nitrogens with zero attached hydrogens (tertiary/aromatic N) is 3. The van der Waals surface area contributed by atoms with E-state index < -0.39 is 0 Å². The van der Waals surface area contributed by atoms with Crippen LogP contribution in [0, 0.1) is 0 Å². The van der Waals surface area contributed by atoms with E-state index in [0.717, 1.165) is 35.2 Å². The zero-order chi connectivity index (χ0) is 20.5. The standard InChI is InChI=1S/C23H22N4O3/c1-29-19-11-10-16(12-20(19)30-13-15-6-3-2-4-7-15)22-21-17(8-5-9-18(21)28)26-23-24-14-25-27(22)23/h2-4,6-7,10-12,14,22H,5,8-9,13H2,1H3,(H,24,25,26). The smallest absolute Gasteiger partial charge is 0.226 e. The van der Waals surface area contributed by atoms with Gasteiger partial charge in [-0.05, 0) is 36.1 Å². The Labute approximate surface area is 174 Å². The molecular formula is C23H22N4O3. The van der Waals surface area contributed by atoms with Gasteiger partial charge in [-0.15, -0.1) is 0 Å². The van der Waals surface area contributed by atoms with Gasteiger partial charge in [0.25, 0.3) is 0 Å². The first-order valence-corrected chi connectivity index (χ1v) is 10.0. The van der Waals surface area contributed by atoms with E-state index in [1.165, 1.54) is 6.33 Å². The lowest BCUT2D eigenvalue weighted by atomic mass is 9.85. The summed E-state index contributed by atoms with van der Waals surface area (Å²) < 4.78 is 13.4. The number of fused-ring (bicyclic) bond motifs is 1. The van der Waals surface area contributed by atoms with Crippen molar-refractivity contribution in [2.75, 3.05) is 12.4 Å². The van der Waals surface area contributed by atoms with Crippen LogP contribution in [0.4, 0.5) is 5.95 Å². The van der Waals surface area contributed by atoms with Crippen LogP contribution in [0.5, 0.6) is 11.5 Å². The molecule has 0 spiro atoms. The third-order valence-corrected chi connectivity index (χ3v) is 5.55. The van der Waals surface area contributed by atoms with E-state index >= 15 is 0 Å². The van der Waals surface area contributed by atoms with Crippen LogP contribution in [-0.4, -0.2) is 27.7 Å². The highest BCUT2D eigenvalue weighted by atomic mass is 16.5. The third-order valence-electron chi connectivity index (χ3n) is 5.55. The molecule has 1 atom stereocenters. The lowest BCUT2D eigenvalue weighted by molar-refractivity contribution is -0.116. The Morgan fingerprint density at radius 2 is 2.00 bits per heavy atom. The van der Waals surface area contributed by atoms with Crippen LogP contribution in [0.15, 0.2) is 66.1 Å². The number of allylic oxidation sites excluding steroid dienone is 2. The lowest BCUT2D eigenvalue weighted by Gasteiger charge is -2.32. The van der Waals surface area contributed by atoms with Gasteiger partial charge in [0.15, 0.2) is 17.3 Å². The van der Waals surface area contributed by atoms with E-state index in [1.807, 2.05) is 48.5 Å². The molecule has 0 radical (unpaired) electrons. The third kappa shape index (κ3) is 3.22. The second-order valence-corrected chi connectivity index (χ2v) is 7.41. The molecule has 5 rings (SSSR count). The Bertz CT molecular complexity index is 1120. The number of anilines is 1. The van der Waals surface area contributed by atoms with Crippen LogP contribution >= 0.6 is 0 Å². The number of carbonyl (C=O) groups excluding carboxylic acids is 1. The fraction of sp³-hybridized carbons (Fsp3) is 0.261. The first-order valence-electron chi connectivity index (χ1n) is 10.0. The van der Waals surface area contributed by atoms with Crippen molar-refractivity contribution in [2.24, 2.45) is 0 Å². The number of nitrogens with one attached hydrogen (secondary N) is 1. The average molecular weight is 402 g/mol. The van der Waals surface area contributed by atoms with Gasteiger partial charge in [-0.1, -0.05) is 36.4 Å². The van der Waals surface area contributed by atoms with Gasteiger partial charge >= 0.3 is 0 Å². The molecule has 1 unspecified atom stereocenters. The lowest BCUT2D eigenvalue weighted by Crippen LogP contribution is -2.31. The molecule has 2 heterocycles. The van der Waals surface area contributed by atoms with Crippen LogP contribution in [0.25, 0.3) is 0 Å². The quantitative estimate of drug-likeness (QED) is 0.698. The molecule has 0 fully saturated rings. The van der Waals surface area contributed by atoms with Gasteiger partial charge in [0.2, 0.25) is 5.95 Å². The molecule has 1 aliphatic carbocycles. The molecule has 2 aliphatic rings. The van der Waals surface area contributed by atoms with E-state index in [1.54, 1.807) is 11.8 Å². The Balaban J connectivity index is 1.54. The van der Waals surface area contributed by atoms with Crippen LogP contribution in [0.1, 0.15) is 36.4 Å². The first kappa shape index (κ1) is 18.4. The molecule has 30 heavy (non-hydrogen) atoms. The summed E-state index contributed by atoms with van der Waals surface area (Å²) in [6.07, 6.45) is 3.74. The highest BCUT2D eigenvalue weighted by Gasteiger charge is 2.36. The summed E-state index contributed by atoms with van der Waals surface area (Å²) in [5, 5.41) is 7.68. The van der Waals surface area contributed by atoms with Crippen LogP contribution in [0.2, 0.25) is 0 Å². The largest absolute Gasteiger partial charge is 0.493 e. The maximum Gasteiger partial charge on any atom is 0.226 e. The number of benzene rings is 2. The summed E-state index contributed by atoms with van der Waals surface area (Å²) >= 11 is 0. The van der Waals surface area contributed by atoms with Gasteiger partial charge in [-0.2, -0.15) is 10.1 Å². The summed E-state index contributed by atoms with van der Waals surface area (Å²) in [6.45, 7) is 0.425.